The summed E-state index contributed by atoms with van der Waals surface area (Å²) in [4.78, 5) is 24.2. The second-order valence-electron chi connectivity index (χ2n) is 6.16. The number of H-pyrrole nitrogens is 1. The molecule has 2 heterocycles. The highest BCUT2D eigenvalue weighted by Gasteiger charge is 2.30. The third kappa shape index (κ3) is 3.13. The molecule has 1 aliphatic rings. The van der Waals surface area contributed by atoms with Gasteiger partial charge in [0.15, 0.2) is 5.65 Å². The number of carbonyl (C=O) groups excluding carboxylic acids is 1. The molecular weight excluding hydrogens is 318 g/mol. The predicted octanol–water partition coefficient (Wildman–Crippen LogP) is 3.37. The summed E-state index contributed by atoms with van der Waals surface area (Å²) < 4.78 is 5.39. The lowest BCUT2D eigenvalue weighted by Gasteiger charge is -2.12. The van der Waals surface area contributed by atoms with Crippen molar-refractivity contribution in [3.05, 3.63) is 36.2 Å². The third-order valence-corrected chi connectivity index (χ3v) is 4.15. The Hall–Kier alpha value is -3.09. The fourth-order valence-electron chi connectivity index (χ4n) is 2.73. The van der Waals surface area contributed by atoms with E-state index >= 15 is 0 Å². The van der Waals surface area contributed by atoms with Gasteiger partial charge >= 0.3 is 0 Å². The predicted molar refractivity (Wildman–Crippen MR) is 96.3 cm³/mol. The minimum absolute atomic E-state index is 0.0197. The fourth-order valence-corrected chi connectivity index (χ4v) is 2.73. The molecule has 0 spiro atoms. The van der Waals surface area contributed by atoms with Crippen molar-refractivity contribution >= 4 is 34.3 Å². The molecule has 2 aromatic heterocycles. The van der Waals surface area contributed by atoms with Gasteiger partial charge in [0.2, 0.25) is 5.91 Å². The quantitative estimate of drug-likeness (QED) is 0.664. The number of anilines is 3. The summed E-state index contributed by atoms with van der Waals surface area (Å²) in [5, 5.41) is 6.23. The lowest BCUT2D eigenvalue weighted by Crippen LogP contribution is -2.14. The highest BCUT2D eigenvalue weighted by molar-refractivity contribution is 5.97. The van der Waals surface area contributed by atoms with Crippen LogP contribution < -0.4 is 15.4 Å². The molecule has 3 N–H and O–H groups in total. The van der Waals surface area contributed by atoms with Gasteiger partial charge in [0.05, 0.1) is 18.5 Å². The number of imidazole rings is 1. The minimum Gasteiger partial charge on any atom is -0.495 e. The van der Waals surface area contributed by atoms with E-state index in [0.717, 1.165) is 35.8 Å². The molecule has 3 aromatic rings. The van der Waals surface area contributed by atoms with Gasteiger partial charge in [0.25, 0.3) is 0 Å². The number of pyridine rings is 1. The van der Waals surface area contributed by atoms with Gasteiger partial charge in [-0.15, -0.1) is 0 Å². The molecule has 1 aliphatic carbocycles. The first-order chi connectivity index (χ1) is 12.1. The van der Waals surface area contributed by atoms with Gasteiger partial charge in [0, 0.05) is 12.0 Å². The number of amides is 1. The van der Waals surface area contributed by atoms with Crippen LogP contribution in [0.15, 0.2) is 30.3 Å². The Morgan fingerprint density at radius 1 is 1.24 bits per heavy atom. The van der Waals surface area contributed by atoms with Gasteiger partial charge in [0.1, 0.15) is 22.9 Å². The molecule has 1 saturated carbocycles. The molecule has 4 rings (SSSR count). The zero-order chi connectivity index (χ0) is 17.4. The number of hydrogen-bond acceptors (Lipinski definition) is 5. The largest absolute Gasteiger partial charge is 0.495 e. The van der Waals surface area contributed by atoms with Crippen molar-refractivity contribution in [3.63, 3.8) is 0 Å². The molecule has 25 heavy (non-hydrogen) atoms. The van der Waals surface area contributed by atoms with E-state index < -0.39 is 0 Å². The van der Waals surface area contributed by atoms with E-state index in [1.807, 2.05) is 31.2 Å². The zero-order valence-corrected chi connectivity index (χ0v) is 14.1. The molecule has 128 valence electrons. The van der Waals surface area contributed by atoms with Crippen molar-refractivity contribution in [1.82, 2.24) is 15.0 Å². The summed E-state index contributed by atoms with van der Waals surface area (Å²) in [6.07, 6.45) is 1.90. The van der Waals surface area contributed by atoms with Crippen molar-refractivity contribution in [3.8, 4) is 5.75 Å². The normalized spacial score (nSPS) is 13.7. The molecule has 0 aliphatic heterocycles. The molecule has 1 fully saturated rings. The Morgan fingerprint density at radius 3 is 2.80 bits per heavy atom. The highest BCUT2D eigenvalue weighted by Crippen LogP contribution is 2.33. The van der Waals surface area contributed by atoms with E-state index in [2.05, 4.69) is 25.6 Å². The summed E-state index contributed by atoms with van der Waals surface area (Å²) in [5.41, 5.74) is 2.92. The van der Waals surface area contributed by atoms with E-state index in [1.54, 1.807) is 13.2 Å². The first kappa shape index (κ1) is 15.4. The molecule has 1 amide bonds. The van der Waals surface area contributed by atoms with E-state index in [4.69, 9.17) is 4.74 Å². The van der Waals surface area contributed by atoms with Gasteiger partial charge in [-0.3, -0.25) is 4.79 Å². The van der Waals surface area contributed by atoms with Crippen LogP contribution in [0.25, 0.3) is 11.2 Å². The van der Waals surface area contributed by atoms with Crippen LogP contribution in [0.5, 0.6) is 5.75 Å². The molecule has 0 radical (unpaired) electrons. The molecule has 1 aromatic carbocycles. The Morgan fingerprint density at radius 2 is 2.04 bits per heavy atom. The molecule has 0 unspecified atom stereocenters. The van der Waals surface area contributed by atoms with Crippen LogP contribution in [0.1, 0.15) is 18.7 Å². The Balaban J connectivity index is 1.73. The number of ether oxygens (including phenoxy) is 1. The second-order valence-corrected chi connectivity index (χ2v) is 6.16. The lowest BCUT2D eigenvalue weighted by atomic mass is 10.2. The van der Waals surface area contributed by atoms with Crippen LogP contribution in [0.4, 0.5) is 17.2 Å². The summed E-state index contributed by atoms with van der Waals surface area (Å²) in [7, 11) is 1.63. The number of nitrogens with one attached hydrogen (secondary N) is 3. The van der Waals surface area contributed by atoms with Crippen LogP contribution in [0.3, 0.4) is 0 Å². The Labute approximate surface area is 144 Å². The van der Waals surface area contributed by atoms with Crippen molar-refractivity contribution in [2.75, 3.05) is 17.7 Å². The topological polar surface area (TPSA) is 91.9 Å². The summed E-state index contributed by atoms with van der Waals surface area (Å²) in [5.74, 6) is 2.13. The lowest BCUT2D eigenvalue weighted by molar-refractivity contribution is -0.117. The van der Waals surface area contributed by atoms with E-state index in [-0.39, 0.29) is 11.8 Å². The highest BCUT2D eigenvalue weighted by atomic mass is 16.5. The number of methoxy groups -OCH3 is 1. The average Bonchev–Trinajstić information content (AvgIpc) is 3.38. The summed E-state index contributed by atoms with van der Waals surface area (Å²) >= 11 is 0. The molecule has 7 heteroatoms. The maximum atomic E-state index is 12.1. The van der Waals surface area contributed by atoms with Crippen molar-refractivity contribution in [1.29, 1.82) is 0 Å². The van der Waals surface area contributed by atoms with Crippen LogP contribution >= 0.6 is 0 Å². The SMILES string of the molecule is COc1ccccc1Nc1cc(NC(=O)C2CC2)nc2[nH]c(C)nc12. The van der Waals surface area contributed by atoms with Crippen LogP contribution in [-0.2, 0) is 4.79 Å². The number of aromatic amines is 1. The average molecular weight is 337 g/mol. The Kier molecular flexibility index (Phi) is 3.76. The van der Waals surface area contributed by atoms with Gasteiger partial charge in [-0.1, -0.05) is 12.1 Å². The zero-order valence-electron chi connectivity index (χ0n) is 14.1. The summed E-state index contributed by atoms with van der Waals surface area (Å²) in [6.45, 7) is 1.87. The van der Waals surface area contributed by atoms with Crippen molar-refractivity contribution < 1.29 is 9.53 Å². The number of rotatable bonds is 5. The van der Waals surface area contributed by atoms with Gasteiger partial charge in [-0.2, -0.15) is 0 Å². The second kappa shape index (κ2) is 6.08. The number of nitrogens with zero attached hydrogens (tertiary/aromatic N) is 2. The molecule has 0 saturated heterocycles. The van der Waals surface area contributed by atoms with Crippen LogP contribution in [-0.4, -0.2) is 28.0 Å². The van der Waals surface area contributed by atoms with Crippen LogP contribution in [0.2, 0.25) is 0 Å². The molecule has 7 nitrogen and oxygen atoms in total. The number of hydrogen-bond donors (Lipinski definition) is 3. The first-order valence-electron chi connectivity index (χ1n) is 8.22. The van der Waals surface area contributed by atoms with E-state index in [9.17, 15) is 4.79 Å². The van der Waals surface area contributed by atoms with Crippen molar-refractivity contribution in [2.24, 2.45) is 5.92 Å². The maximum Gasteiger partial charge on any atom is 0.228 e. The van der Waals surface area contributed by atoms with E-state index in [0.29, 0.717) is 17.0 Å². The van der Waals surface area contributed by atoms with Gasteiger partial charge < -0.3 is 20.4 Å². The number of benzene rings is 1. The number of para-hydroxylation sites is 2. The third-order valence-electron chi connectivity index (χ3n) is 4.15. The first-order valence-corrected chi connectivity index (χ1v) is 8.22. The van der Waals surface area contributed by atoms with Gasteiger partial charge in [-0.05, 0) is 31.9 Å². The number of fused-ring (bicyclic) bond motifs is 1. The number of carbonyl (C=O) groups is 1. The fraction of sp³-hybridized carbons (Fsp3) is 0.278. The number of aryl methyl sites for hydroxylation is 1. The smallest absolute Gasteiger partial charge is 0.228 e. The maximum absolute atomic E-state index is 12.1. The minimum atomic E-state index is 0.0197. The van der Waals surface area contributed by atoms with Crippen LogP contribution in [0, 0.1) is 12.8 Å². The monoisotopic (exact) mass is 337 g/mol. The van der Waals surface area contributed by atoms with Crippen molar-refractivity contribution in [2.45, 2.75) is 19.8 Å². The molecule has 0 atom stereocenters. The van der Waals surface area contributed by atoms with Gasteiger partial charge in [-0.25, -0.2) is 9.97 Å². The molecule has 0 bridgehead atoms. The number of aromatic nitrogens is 3. The van der Waals surface area contributed by atoms with E-state index in [1.165, 1.54) is 0 Å². The Bertz CT molecular complexity index is 946. The molecular formula is C18H19N5O2. The standard InChI is InChI=1S/C18H19N5O2/c1-10-19-16-13(21-12-5-3-4-6-14(12)25-2)9-15(22-17(16)20-10)23-18(24)11-7-8-11/h3-6,9,11H,7-8H2,1-2H3,(H3,19,20,21,22,23,24). The summed E-state index contributed by atoms with van der Waals surface area (Å²) in [6, 6.07) is 9.44.